The summed E-state index contributed by atoms with van der Waals surface area (Å²) in [5, 5.41) is 2.98. The number of amides is 1. The van der Waals surface area contributed by atoms with Crippen LogP contribution < -0.4 is 10.2 Å². The number of anilines is 2. The SMILES string of the molecule is Cc1cccc(NC(=O)[C@H](C)N2CCN(c3ccccc3F)CC2)c1. The highest BCUT2D eigenvalue weighted by Gasteiger charge is 2.26. The molecule has 2 aromatic rings. The van der Waals surface area contributed by atoms with Crippen molar-refractivity contribution in [3.63, 3.8) is 0 Å². The first-order valence-corrected chi connectivity index (χ1v) is 8.65. The van der Waals surface area contributed by atoms with Crippen LogP contribution in [0.2, 0.25) is 0 Å². The molecule has 0 saturated carbocycles. The van der Waals surface area contributed by atoms with Crippen LogP contribution in [0.5, 0.6) is 0 Å². The molecule has 1 saturated heterocycles. The molecule has 0 unspecified atom stereocenters. The molecule has 0 spiro atoms. The van der Waals surface area contributed by atoms with Crippen LogP contribution in [0.4, 0.5) is 15.8 Å². The Morgan fingerprint density at radius 2 is 1.80 bits per heavy atom. The maximum Gasteiger partial charge on any atom is 0.241 e. The molecule has 0 aromatic heterocycles. The molecule has 1 N–H and O–H groups in total. The van der Waals surface area contributed by atoms with Crippen LogP contribution in [0.15, 0.2) is 48.5 Å². The number of rotatable bonds is 4. The van der Waals surface area contributed by atoms with Gasteiger partial charge in [-0.1, -0.05) is 24.3 Å². The molecular weight excluding hydrogens is 317 g/mol. The lowest BCUT2D eigenvalue weighted by atomic mass is 10.1. The van der Waals surface area contributed by atoms with Crippen molar-refractivity contribution in [2.24, 2.45) is 0 Å². The fraction of sp³-hybridized carbons (Fsp3) is 0.350. The standard InChI is InChI=1S/C20H24FN3O/c1-15-6-5-7-17(14-15)22-20(25)16(2)23-10-12-24(13-11-23)19-9-4-3-8-18(19)21/h3-9,14,16H,10-13H2,1-2H3,(H,22,25)/t16-/m0/s1. The molecule has 1 atom stereocenters. The number of hydrogen-bond acceptors (Lipinski definition) is 3. The third-order valence-electron chi connectivity index (χ3n) is 4.72. The molecule has 132 valence electrons. The number of hydrogen-bond donors (Lipinski definition) is 1. The first kappa shape index (κ1) is 17.4. The van der Waals surface area contributed by atoms with Crippen molar-refractivity contribution in [1.29, 1.82) is 0 Å². The number of carbonyl (C=O) groups is 1. The normalized spacial score (nSPS) is 16.5. The fourth-order valence-corrected chi connectivity index (χ4v) is 3.19. The second-order valence-electron chi connectivity index (χ2n) is 6.51. The number of carbonyl (C=O) groups excluding carboxylic acids is 1. The fourth-order valence-electron chi connectivity index (χ4n) is 3.19. The molecule has 1 heterocycles. The zero-order chi connectivity index (χ0) is 17.8. The molecule has 0 bridgehead atoms. The molecule has 1 amide bonds. The Bertz CT molecular complexity index is 741. The van der Waals surface area contributed by atoms with Crippen molar-refractivity contribution in [2.45, 2.75) is 19.9 Å². The van der Waals surface area contributed by atoms with Gasteiger partial charge in [-0.3, -0.25) is 9.69 Å². The van der Waals surface area contributed by atoms with Gasteiger partial charge in [0.1, 0.15) is 5.82 Å². The molecule has 3 rings (SSSR count). The van der Waals surface area contributed by atoms with E-state index < -0.39 is 0 Å². The van der Waals surface area contributed by atoms with Crippen LogP contribution in [-0.2, 0) is 4.79 Å². The Labute approximate surface area is 148 Å². The molecule has 0 aliphatic carbocycles. The first-order chi connectivity index (χ1) is 12.0. The average molecular weight is 341 g/mol. The monoisotopic (exact) mass is 341 g/mol. The van der Waals surface area contributed by atoms with E-state index in [1.807, 2.05) is 49.1 Å². The van der Waals surface area contributed by atoms with Crippen LogP contribution in [0.3, 0.4) is 0 Å². The van der Waals surface area contributed by atoms with Crippen molar-refractivity contribution in [3.8, 4) is 0 Å². The van der Waals surface area contributed by atoms with Gasteiger partial charge >= 0.3 is 0 Å². The van der Waals surface area contributed by atoms with Gasteiger partial charge < -0.3 is 10.2 Å². The van der Waals surface area contributed by atoms with Crippen LogP contribution in [0, 0.1) is 12.7 Å². The number of para-hydroxylation sites is 1. The molecule has 5 heteroatoms. The van der Waals surface area contributed by atoms with Crippen LogP contribution in [0.25, 0.3) is 0 Å². The van der Waals surface area contributed by atoms with E-state index >= 15 is 0 Å². The number of benzene rings is 2. The molecular formula is C20H24FN3O. The molecule has 4 nitrogen and oxygen atoms in total. The van der Waals surface area contributed by atoms with Gasteiger partial charge in [0.15, 0.2) is 0 Å². The summed E-state index contributed by atoms with van der Waals surface area (Å²) in [5.41, 5.74) is 2.57. The van der Waals surface area contributed by atoms with E-state index in [1.54, 1.807) is 12.1 Å². The smallest absolute Gasteiger partial charge is 0.241 e. The molecule has 1 fully saturated rings. The van der Waals surface area contributed by atoms with Gasteiger partial charge in [-0.05, 0) is 43.7 Å². The molecule has 1 aliphatic rings. The highest BCUT2D eigenvalue weighted by molar-refractivity contribution is 5.94. The highest BCUT2D eigenvalue weighted by atomic mass is 19.1. The lowest BCUT2D eigenvalue weighted by molar-refractivity contribution is -0.120. The zero-order valence-corrected chi connectivity index (χ0v) is 14.7. The zero-order valence-electron chi connectivity index (χ0n) is 14.7. The average Bonchev–Trinajstić information content (AvgIpc) is 2.62. The van der Waals surface area contributed by atoms with E-state index in [2.05, 4.69) is 10.2 Å². The summed E-state index contributed by atoms with van der Waals surface area (Å²) in [4.78, 5) is 16.7. The lowest BCUT2D eigenvalue weighted by Gasteiger charge is -2.38. The van der Waals surface area contributed by atoms with Gasteiger partial charge in [-0.15, -0.1) is 0 Å². The minimum Gasteiger partial charge on any atom is -0.367 e. The van der Waals surface area contributed by atoms with Gasteiger partial charge in [0.2, 0.25) is 5.91 Å². The molecule has 1 aliphatic heterocycles. The third-order valence-corrected chi connectivity index (χ3v) is 4.72. The Kier molecular flexibility index (Phi) is 5.34. The van der Waals surface area contributed by atoms with Gasteiger partial charge in [0.25, 0.3) is 0 Å². The van der Waals surface area contributed by atoms with Crippen molar-refractivity contribution in [2.75, 3.05) is 36.4 Å². The lowest BCUT2D eigenvalue weighted by Crippen LogP contribution is -2.53. The van der Waals surface area contributed by atoms with Crippen LogP contribution in [-0.4, -0.2) is 43.0 Å². The minimum atomic E-state index is -0.219. The Morgan fingerprint density at radius 1 is 1.08 bits per heavy atom. The van der Waals surface area contributed by atoms with E-state index in [0.717, 1.165) is 24.3 Å². The quantitative estimate of drug-likeness (QED) is 0.927. The van der Waals surface area contributed by atoms with Crippen molar-refractivity contribution >= 4 is 17.3 Å². The second kappa shape index (κ2) is 7.66. The van der Waals surface area contributed by atoms with E-state index in [0.29, 0.717) is 18.8 Å². The second-order valence-corrected chi connectivity index (χ2v) is 6.51. The number of nitrogens with zero attached hydrogens (tertiary/aromatic N) is 2. The Morgan fingerprint density at radius 3 is 2.48 bits per heavy atom. The molecule has 2 aromatic carbocycles. The minimum absolute atomic E-state index is 0.00931. The van der Waals surface area contributed by atoms with Crippen molar-refractivity contribution < 1.29 is 9.18 Å². The summed E-state index contributed by atoms with van der Waals surface area (Å²) in [6.45, 7) is 6.81. The van der Waals surface area contributed by atoms with E-state index in [-0.39, 0.29) is 17.8 Å². The van der Waals surface area contributed by atoms with Crippen LogP contribution in [0.1, 0.15) is 12.5 Å². The Balaban J connectivity index is 1.57. The van der Waals surface area contributed by atoms with E-state index in [1.165, 1.54) is 6.07 Å². The maximum atomic E-state index is 13.9. The van der Waals surface area contributed by atoms with Crippen molar-refractivity contribution in [1.82, 2.24) is 4.90 Å². The summed E-state index contributed by atoms with van der Waals surface area (Å²) < 4.78 is 13.9. The van der Waals surface area contributed by atoms with Gasteiger partial charge in [-0.25, -0.2) is 4.39 Å². The summed E-state index contributed by atoms with van der Waals surface area (Å²) in [5.74, 6) is -0.203. The third kappa shape index (κ3) is 4.17. The topological polar surface area (TPSA) is 35.6 Å². The predicted molar refractivity (Wildman–Crippen MR) is 99.5 cm³/mol. The number of halogens is 1. The van der Waals surface area contributed by atoms with Gasteiger partial charge in [0, 0.05) is 31.9 Å². The molecule has 0 radical (unpaired) electrons. The first-order valence-electron chi connectivity index (χ1n) is 8.65. The summed E-state index contributed by atoms with van der Waals surface area (Å²) >= 11 is 0. The number of nitrogens with one attached hydrogen (secondary N) is 1. The maximum absolute atomic E-state index is 13.9. The summed E-state index contributed by atoms with van der Waals surface area (Å²) in [7, 11) is 0. The number of aryl methyl sites for hydroxylation is 1. The van der Waals surface area contributed by atoms with Gasteiger partial charge in [-0.2, -0.15) is 0 Å². The highest BCUT2D eigenvalue weighted by Crippen LogP contribution is 2.21. The number of piperazine rings is 1. The van der Waals surface area contributed by atoms with Crippen molar-refractivity contribution in [3.05, 3.63) is 59.9 Å². The largest absolute Gasteiger partial charge is 0.367 e. The molecule has 25 heavy (non-hydrogen) atoms. The van der Waals surface area contributed by atoms with Crippen LogP contribution >= 0.6 is 0 Å². The van der Waals surface area contributed by atoms with Gasteiger partial charge in [0.05, 0.1) is 11.7 Å². The predicted octanol–water partition coefficient (Wildman–Crippen LogP) is 3.28. The van der Waals surface area contributed by atoms with E-state index in [9.17, 15) is 9.18 Å². The summed E-state index contributed by atoms with van der Waals surface area (Å²) in [6.07, 6.45) is 0. The Hall–Kier alpha value is -2.40. The summed E-state index contributed by atoms with van der Waals surface area (Å²) in [6, 6.07) is 14.4. The van der Waals surface area contributed by atoms with E-state index in [4.69, 9.17) is 0 Å².